The Morgan fingerprint density at radius 2 is 1.76 bits per heavy atom. The zero-order chi connectivity index (χ0) is 20.5. The van der Waals surface area contributed by atoms with Crippen molar-refractivity contribution in [3.63, 3.8) is 0 Å². The average molecular weight is 387 g/mol. The van der Waals surface area contributed by atoms with Crippen LogP contribution in [-0.4, -0.2) is 36.0 Å². The zero-order valence-electron chi connectivity index (χ0n) is 16.7. The highest BCUT2D eigenvalue weighted by Gasteiger charge is 2.62. The second kappa shape index (κ2) is 7.33. The summed E-state index contributed by atoms with van der Waals surface area (Å²) in [5.41, 5.74) is 6.83. The summed E-state index contributed by atoms with van der Waals surface area (Å²) in [4.78, 5) is 19.8. The van der Waals surface area contributed by atoms with Gasteiger partial charge in [0.1, 0.15) is 5.60 Å². The molecule has 0 saturated heterocycles. The number of aliphatic imine (C=N–C) groups is 1. The first-order valence-corrected chi connectivity index (χ1v) is 9.81. The van der Waals surface area contributed by atoms with Crippen molar-refractivity contribution in [1.29, 1.82) is 0 Å². The number of amides is 1. The van der Waals surface area contributed by atoms with Gasteiger partial charge >= 0.3 is 0 Å². The Balaban J connectivity index is 1.92. The number of hydrogen-bond acceptors (Lipinski definition) is 4. The highest BCUT2D eigenvalue weighted by Crippen LogP contribution is 2.50. The Morgan fingerprint density at radius 3 is 2.34 bits per heavy atom. The summed E-state index contributed by atoms with van der Waals surface area (Å²) in [7, 11) is 1.66. The van der Waals surface area contributed by atoms with Gasteiger partial charge in [0.05, 0.1) is 0 Å². The van der Waals surface area contributed by atoms with Crippen molar-refractivity contribution in [3.05, 3.63) is 90.0 Å². The largest absolute Gasteiger partial charge is 0.369 e. The Bertz CT molecular complexity index is 997. The van der Waals surface area contributed by atoms with E-state index in [1.165, 1.54) is 4.90 Å². The minimum Gasteiger partial charge on any atom is -0.369 e. The fourth-order valence-electron chi connectivity index (χ4n) is 4.31. The number of nitrogens with two attached hydrogens (primary N) is 1. The molecule has 2 aliphatic rings. The molecule has 2 aromatic carbocycles. The number of benzene rings is 2. The Hall–Kier alpha value is -3.18. The van der Waals surface area contributed by atoms with E-state index >= 15 is 0 Å². The molecule has 2 unspecified atom stereocenters. The first kappa shape index (κ1) is 19.2. The summed E-state index contributed by atoms with van der Waals surface area (Å²) >= 11 is 0. The zero-order valence-corrected chi connectivity index (χ0v) is 16.7. The summed E-state index contributed by atoms with van der Waals surface area (Å²) < 4.78 is 6.39. The van der Waals surface area contributed by atoms with Crippen LogP contribution in [-0.2, 0) is 15.1 Å². The predicted octanol–water partition coefficient (Wildman–Crippen LogP) is 3.49. The van der Waals surface area contributed by atoms with Crippen molar-refractivity contribution in [2.75, 3.05) is 13.7 Å². The molecule has 0 radical (unpaired) electrons. The molecule has 1 heterocycles. The molecule has 0 aromatic heterocycles. The van der Waals surface area contributed by atoms with Gasteiger partial charge < -0.3 is 10.5 Å². The molecule has 0 spiro atoms. The van der Waals surface area contributed by atoms with E-state index in [1.54, 1.807) is 7.05 Å². The molecule has 1 amide bonds. The van der Waals surface area contributed by atoms with Crippen LogP contribution >= 0.6 is 0 Å². The lowest BCUT2D eigenvalue weighted by atomic mass is 9.68. The monoisotopic (exact) mass is 387 g/mol. The van der Waals surface area contributed by atoms with Crippen LogP contribution in [0.1, 0.15) is 24.5 Å². The number of ether oxygens (including phenoxy) is 1. The summed E-state index contributed by atoms with van der Waals surface area (Å²) in [5, 5.41) is 0. The van der Waals surface area contributed by atoms with E-state index in [0.717, 1.165) is 16.7 Å². The molecule has 2 atom stereocenters. The van der Waals surface area contributed by atoms with Gasteiger partial charge in [-0.2, -0.15) is 0 Å². The second-order valence-corrected chi connectivity index (χ2v) is 7.33. The molecule has 1 aliphatic heterocycles. The first-order valence-electron chi connectivity index (χ1n) is 9.81. The van der Waals surface area contributed by atoms with Gasteiger partial charge in [-0.3, -0.25) is 9.69 Å². The van der Waals surface area contributed by atoms with Crippen LogP contribution in [0, 0.1) is 0 Å². The van der Waals surface area contributed by atoms with Crippen LogP contribution < -0.4 is 5.73 Å². The average Bonchev–Trinajstić information content (AvgIpc) is 3.00. The van der Waals surface area contributed by atoms with E-state index in [-0.39, 0.29) is 11.9 Å². The molecule has 148 valence electrons. The van der Waals surface area contributed by atoms with E-state index < -0.39 is 11.1 Å². The van der Waals surface area contributed by atoms with Crippen LogP contribution in [0.5, 0.6) is 0 Å². The molecule has 5 heteroatoms. The van der Waals surface area contributed by atoms with Crippen LogP contribution in [0.25, 0.3) is 5.57 Å². The quantitative estimate of drug-likeness (QED) is 0.854. The van der Waals surface area contributed by atoms with E-state index in [2.05, 4.69) is 18.2 Å². The molecule has 2 N–H and O–H groups in total. The summed E-state index contributed by atoms with van der Waals surface area (Å²) in [6.45, 7) is 2.37. The van der Waals surface area contributed by atoms with Gasteiger partial charge in [0.25, 0.3) is 5.91 Å². The lowest BCUT2D eigenvalue weighted by molar-refractivity contribution is -0.142. The molecular formula is C24H25N3O2. The number of allylic oxidation sites excluding steroid dienone is 2. The number of guanidine groups is 1. The van der Waals surface area contributed by atoms with Gasteiger partial charge in [-0.15, -0.1) is 0 Å². The van der Waals surface area contributed by atoms with Crippen LogP contribution in [0.3, 0.4) is 0 Å². The Labute approximate surface area is 171 Å². The van der Waals surface area contributed by atoms with E-state index in [1.807, 2.05) is 67.6 Å². The topological polar surface area (TPSA) is 67.9 Å². The number of carbonyl (C=O) groups is 1. The van der Waals surface area contributed by atoms with Gasteiger partial charge in [0.2, 0.25) is 5.54 Å². The van der Waals surface area contributed by atoms with Gasteiger partial charge in [0, 0.05) is 20.1 Å². The van der Waals surface area contributed by atoms with Gasteiger partial charge in [-0.25, -0.2) is 4.99 Å². The number of hydrogen-bond donors (Lipinski definition) is 1. The van der Waals surface area contributed by atoms with Crippen LogP contribution in [0.2, 0.25) is 0 Å². The lowest BCUT2D eigenvalue weighted by Crippen LogP contribution is -2.57. The molecular weight excluding hydrogens is 362 g/mol. The first-order chi connectivity index (χ1) is 14.0. The SMILES string of the molecule is CCOC1(C2(c3ccccc3)N=C(N)N(C)C2=O)C=CC=C(c2ccccc2)C1. The molecule has 4 rings (SSSR count). The molecule has 5 nitrogen and oxygen atoms in total. The number of nitrogens with zero attached hydrogens (tertiary/aromatic N) is 2. The third-order valence-electron chi connectivity index (χ3n) is 5.71. The Kier molecular flexibility index (Phi) is 4.84. The third-order valence-corrected chi connectivity index (χ3v) is 5.71. The van der Waals surface area contributed by atoms with E-state index in [9.17, 15) is 4.79 Å². The number of rotatable bonds is 5. The standard InChI is InChI=1S/C24H25N3O2/c1-3-29-23(16-10-13-19(17-23)18-11-6-4-7-12-18)24(20-14-8-5-9-15-20)21(28)27(2)22(25)26-24/h4-16H,3,17H2,1-2H3,(H2,25,26). The van der Waals surface area contributed by atoms with Crippen molar-refractivity contribution in [2.24, 2.45) is 10.7 Å². The summed E-state index contributed by atoms with van der Waals surface area (Å²) in [6, 6.07) is 19.7. The fraction of sp³-hybridized carbons (Fsp3) is 0.250. The minimum absolute atomic E-state index is 0.186. The lowest BCUT2D eigenvalue weighted by Gasteiger charge is -2.45. The molecule has 29 heavy (non-hydrogen) atoms. The predicted molar refractivity (Wildman–Crippen MR) is 115 cm³/mol. The van der Waals surface area contributed by atoms with Crippen molar-refractivity contribution in [1.82, 2.24) is 4.90 Å². The number of carbonyl (C=O) groups excluding carboxylic acids is 1. The van der Waals surface area contributed by atoms with Gasteiger partial charge in [-0.1, -0.05) is 72.8 Å². The highest BCUT2D eigenvalue weighted by molar-refractivity contribution is 6.08. The van der Waals surface area contributed by atoms with E-state index in [4.69, 9.17) is 15.5 Å². The Morgan fingerprint density at radius 1 is 1.10 bits per heavy atom. The van der Waals surface area contributed by atoms with E-state index in [0.29, 0.717) is 13.0 Å². The van der Waals surface area contributed by atoms with Gasteiger partial charge in [0.15, 0.2) is 5.96 Å². The maximum Gasteiger partial charge on any atom is 0.265 e. The van der Waals surface area contributed by atoms with Crippen molar-refractivity contribution < 1.29 is 9.53 Å². The van der Waals surface area contributed by atoms with Crippen LogP contribution in [0.4, 0.5) is 0 Å². The van der Waals surface area contributed by atoms with Gasteiger partial charge in [-0.05, 0) is 29.7 Å². The summed E-state index contributed by atoms with van der Waals surface area (Å²) in [5.74, 6) is 0.00996. The summed E-state index contributed by atoms with van der Waals surface area (Å²) in [6.07, 6.45) is 6.50. The maximum atomic E-state index is 13.7. The minimum atomic E-state index is -1.28. The van der Waals surface area contributed by atoms with Crippen molar-refractivity contribution >= 4 is 17.4 Å². The smallest absolute Gasteiger partial charge is 0.265 e. The van der Waals surface area contributed by atoms with Crippen molar-refractivity contribution in [3.8, 4) is 0 Å². The normalized spacial score (nSPS) is 26.4. The van der Waals surface area contributed by atoms with Crippen LogP contribution in [0.15, 0.2) is 83.9 Å². The number of likely N-dealkylation sites (N-methyl/N-ethyl adjacent to an activating group) is 1. The molecule has 0 bridgehead atoms. The highest BCUT2D eigenvalue weighted by atomic mass is 16.5. The second-order valence-electron chi connectivity index (χ2n) is 7.33. The third kappa shape index (κ3) is 2.89. The maximum absolute atomic E-state index is 13.7. The molecule has 0 fully saturated rings. The van der Waals surface area contributed by atoms with Crippen molar-refractivity contribution in [2.45, 2.75) is 24.5 Å². The molecule has 0 saturated carbocycles. The molecule has 1 aliphatic carbocycles. The fourth-order valence-corrected chi connectivity index (χ4v) is 4.31. The molecule has 2 aromatic rings.